The van der Waals surface area contributed by atoms with Crippen LogP contribution in [0.2, 0.25) is 0 Å². The lowest BCUT2D eigenvalue weighted by atomic mass is 10.0. The number of carbonyl (C=O) groups excluding carboxylic acids is 1. The molecule has 6 heteroatoms. The van der Waals surface area contributed by atoms with Crippen LogP contribution in [0.15, 0.2) is 24.3 Å². The van der Waals surface area contributed by atoms with Gasteiger partial charge in [-0.1, -0.05) is 18.2 Å². The lowest BCUT2D eigenvalue weighted by Gasteiger charge is -2.33. The third-order valence-electron chi connectivity index (χ3n) is 6.48. The number of nitrogens with zero attached hydrogens (tertiary/aromatic N) is 5. The molecule has 3 aliphatic heterocycles. The third-order valence-corrected chi connectivity index (χ3v) is 6.48. The van der Waals surface area contributed by atoms with E-state index in [-0.39, 0.29) is 5.91 Å². The molecule has 6 nitrogen and oxygen atoms in total. The zero-order valence-electron chi connectivity index (χ0n) is 17.2. The highest BCUT2D eigenvalue weighted by atomic mass is 16.2. The average Bonchev–Trinajstić information content (AvgIpc) is 3.47. The second-order valence-corrected chi connectivity index (χ2v) is 8.45. The van der Waals surface area contributed by atoms with E-state index < -0.39 is 0 Å². The van der Waals surface area contributed by atoms with E-state index in [2.05, 4.69) is 9.80 Å². The monoisotopic (exact) mass is 391 g/mol. The number of amides is 1. The van der Waals surface area contributed by atoms with E-state index in [4.69, 9.17) is 9.97 Å². The number of carbonyl (C=O) groups is 1. The fourth-order valence-corrected chi connectivity index (χ4v) is 4.79. The zero-order valence-corrected chi connectivity index (χ0v) is 17.2. The number of aromatic nitrogens is 2. The molecule has 5 rings (SSSR count). The Hall–Kier alpha value is -2.63. The molecule has 0 radical (unpaired) electrons. The molecular weight excluding hydrogens is 362 g/mol. The van der Waals surface area contributed by atoms with Crippen LogP contribution in [-0.4, -0.2) is 53.5 Å². The van der Waals surface area contributed by atoms with Crippen molar-refractivity contribution in [3.63, 3.8) is 0 Å². The van der Waals surface area contributed by atoms with E-state index in [9.17, 15) is 4.79 Å². The molecule has 2 fully saturated rings. The molecule has 4 heterocycles. The SMILES string of the molecule is Cc1ccccc1C(=O)N1CCc2nc(N3CCCC3)nc(N3CCCC3)c2C1. The van der Waals surface area contributed by atoms with Crippen LogP contribution in [0.4, 0.5) is 11.8 Å². The molecule has 29 heavy (non-hydrogen) atoms. The number of hydrogen-bond acceptors (Lipinski definition) is 5. The molecule has 0 unspecified atom stereocenters. The second kappa shape index (κ2) is 7.65. The lowest BCUT2D eigenvalue weighted by Crippen LogP contribution is -2.38. The van der Waals surface area contributed by atoms with E-state index >= 15 is 0 Å². The van der Waals surface area contributed by atoms with Gasteiger partial charge >= 0.3 is 0 Å². The van der Waals surface area contributed by atoms with Gasteiger partial charge in [0.15, 0.2) is 0 Å². The third kappa shape index (κ3) is 3.45. The van der Waals surface area contributed by atoms with E-state index in [0.29, 0.717) is 6.54 Å². The van der Waals surface area contributed by atoms with E-state index in [1.165, 1.54) is 25.7 Å². The lowest BCUT2D eigenvalue weighted by molar-refractivity contribution is 0.0733. The smallest absolute Gasteiger partial charge is 0.254 e. The molecular formula is C23H29N5O. The van der Waals surface area contributed by atoms with Crippen LogP contribution in [-0.2, 0) is 13.0 Å². The maximum Gasteiger partial charge on any atom is 0.254 e. The molecule has 1 amide bonds. The largest absolute Gasteiger partial charge is 0.356 e. The molecule has 1 aromatic carbocycles. The van der Waals surface area contributed by atoms with Crippen molar-refractivity contribution in [1.82, 2.24) is 14.9 Å². The summed E-state index contributed by atoms with van der Waals surface area (Å²) < 4.78 is 0. The Morgan fingerprint density at radius 3 is 2.31 bits per heavy atom. The minimum atomic E-state index is 0.116. The first-order valence-corrected chi connectivity index (χ1v) is 11.0. The molecule has 2 aromatic rings. The molecule has 3 aliphatic rings. The van der Waals surface area contributed by atoms with Crippen LogP contribution >= 0.6 is 0 Å². The van der Waals surface area contributed by atoms with Crippen LogP contribution in [0.1, 0.15) is 52.9 Å². The number of aryl methyl sites for hydroxylation is 1. The Morgan fingerprint density at radius 2 is 1.59 bits per heavy atom. The van der Waals surface area contributed by atoms with Gasteiger partial charge in [0.25, 0.3) is 5.91 Å². The van der Waals surface area contributed by atoms with Gasteiger partial charge in [0.05, 0.1) is 12.2 Å². The molecule has 152 valence electrons. The highest BCUT2D eigenvalue weighted by Gasteiger charge is 2.30. The van der Waals surface area contributed by atoms with Gasteiger partial charge in [0.1, 0.15) is 5.82 Å². The number of rotatable bonds is 3. The summed E-state index contributed by atoms with van der Waals surface area (Å²) >= 11 is 0. The standard InChI is InChI=1S/C23H29N5O/c1-17-8-2-3-9-18(17)22(29)28-15-10-20-19(16-28)21(26-11-4-5-12-26)25-23(24-20)27-13-6-7-14-27/h2-3,8-9H,4-7,10-16H2,1H3. The maximum absolute atomic E-state index is 13.2. The van der Waals surface area contributed by atoms with Gasteiger partial charge in [-0.05, 0) is 44.2 Å². The van der Waals surface area contributed by atoms with Gasteiger partial charge in [0.2, 0.25) is 5.95 Å². The number of hydrogen-bond donors (Lipinski definition) is 0. The number of fused-ring (bicyclic) bond motifs is 1. The van der Waals surface area contributed by atoms with E-state index in [1.54, 1.807) is 0 Å². The second-order valence-electron chi connectivity index (χ2n) is 8.45. The van der Waals surface area contributed by atoms with Gasteiger partial charge in [-0.25, -0.2) is 4.98 Å². The van der Waals surface area contributed by atoms with Crippen molar-refractivity contribution < 1.29 is 4.79 Å². The van der Waals surface area contributed by atoms with E-state index in [1.807, 2.05) is 36.1 Å². The van der Waals surface area contributed by atoms with Gasteiger partial charge in [-0.15, -0.1) is 0 Å². The van der Waals surface area contributed by atoms with Crippen molar-refractivity contribution in [3.8, 4) is 0 Å². The summed E-state index contributed by atoms with van der Waals surface area (Å²) in [5.74, 6) is 2.07. The first-order chi connectivity index (χ1) is 14.2. The topological polar surface area (TPSA) is 52.6 Å². The summed E-state index contributed by atoms with van der Waals surface area (Å²) in [5, 5.41) is 0. The van der Waals surface area contributed by atoms with Crippen LogP contribution in [0.3, 0.4) is 0 Å². The fourth-order valence-electron chi connectivity index (χ4n) is 4.79. The molecule has 0 aliphatic carbocycles. The summed E-state index contributed by atoms with van der Waals surface area (Å²) in [4.78, 5) is 29.9. The minimum Gasteiger partial charge on any atom is -0.356 e. The van der Waals surface area contributed by atoms with Crippen LogP contribution in [0, 0.1) is 6.92 Å². The number of anilines is 2. The quantitative estimate of drug-likeness (QED) is 0.804. The predicted molar refractivity (Wildman–Crippen MR) is 115 cm³/mol. The Bertz CT molecular complexity index is 915. The Morgan fingerprint density at radius 1 is 0.897 bits per heavy atom. The highest BCUT2D eigenvalue weighted by molar-refractivity contribution is 5.95. The Labute approximate surface area is 172 Å². The minimum absolute atomic E-state index is 0.116. The molecule has 1 aromatic heterocycles. The number of benzene rings is 1. The first kappa shape index (κ1) is 18.4. The van der Waals surface area contributed by atoms with Crippen molar-refractivity contribution in [3.05, 3.63) is 46.6 Å². The van der Waals surface area contributed by atoms with Gasteiger partial charge in [-0.2, -0.15) is 4.98 Å². The summed E-state index contributed by atoms with van der Waals surface area (Å²) in [6.45, 7) is 7.53. The molecule has 0 spiro atoms. The highest BCUT2D eigenvalue weighted by Crippen LogP contribution is 2.32. The summed E-state index contributed by atoms with van der Waals surface area (Å²) in [6, 6.07) is 7.86. The molecule has 0 saturated carbocycles. The molecule has 0 N–H and O–H groups in total. The molecule has 0 bridgehead atoms. The van der Waals surface area contributed by atoms with Gasteiger partial charge in [-0.3, -0.25) is 4.79 Å². The normalized spacial score (nSPS) is 19.0. The fraction of sp³-hybridized carbons (Fsp3) is 0.522. The predicted octanol–water partition coefficient (Wildman–Crippen LogP) is 3.18. The molecule has 2 saturated heterocycles. The van der Waals surface area contributed by atoms with Crippen LogP contribution < -0.4 is 9.80 Å². The molecule has 0 atom stereocenters. The van der Waals surface area contributed by atoms with Crippen LogP contribution in [0.25, 0.3) is 0 Å². The van der Waals surface area contributed by atoms with Crippen molar-refractivity contribution in [1.29, 1.82) is 0 Å². The van der Waals surface area contributed by atoms with E-state index in [0.717, 1.165) is 73.3 Å². The van der Waals surface area contributed by atoms with Gasteiger partial charge < -0.3 is 14.7 Å². The Balaban J connectivity index is 1.49. The van der Waals surface area contributed by atoms with Crippen molar-refractivity contribution in [2.75, 3.05) is 42.5 Å². The average molecular weight is 392 g/mol. The van der Waals surface area contributed by atoms with Crippen molar-refractivity contribution in [2.45, 2.75) is 45.6 Å². The Kier molecular flexibility index (Phi) is 4.86. The van der Waals surface area contributed by atoms with Crippen molar-refractivity contribution in [2.24, 2.45) is 0 Å². The zero-order chi connectivity index (χ0) is 19.8. The first-order valence-electron chi connectivity index (χ1n) is 11.0. The van der Waals surface area contributed by atoms with Crippen molar-refractivity contribution >= 4 is 17.7 Å². The van der Waals surface area contributed by atoms with Gasteiger partial charge in [0, 0.05) is 50.3 Å². The summed E-state index contributed by atoms with van der Waals surface area (Å²) in [5.41, 5.74) is 4.12. The summed E-state index contributed by atoms with van der Waals surface area (Å²) in [6.07, 6.45) is 5.67. The van der Waals surface area contributed by atoms with Crippen LogP contribution in [0.5, 0.6) is 0 Å². The summed E-state index contributed by atoms with van der Waals surface area (Å²) in [7, 11) is 0. The maximum atomic E-state index is 13.2.